The minimum absolute atomic E-state index is 0.111. The first-order valence-electron chi connectivity index (χ1n) is 6.99. The highest BCUT2D eigenvalue weighted by Gasteiger charge is 2.20. The predicted molar refractivity (Wildman–Crippen MR) is 85.4 cm³/mol. The van der Waals surface area contributed by atoms with Crippen LogP contribution in [0.3, 0.4) is 0 Å². The number of ether oxygens (including phenoxy) is 1. The maximum absolute atomic E-state index is 11.3. The van der Waals surface area contributed by atoms with Gasteiger partial charge in [0.05, 0.1) is 16.9 Å². The molecule has 0 bridgehead atoms. The first-order valence-corrected chi connectivity index (χ1v) is 6.99. The zero-order chi connectivity index (χ0) is 14.8. The second-order valence-electron chi connectivity index (χ2n) is 4.46. The Morgan fingerprint density at radius 3 is 2.86 bits per heavy atom. The molecule has 4 nitrogen and oxygen atoms in total. The van der Waals surface area contributed by atoms with Crippen molar-refractivity contribution in [1.82, 2.24) is 4.98 Å². The lowest BCUT2D eigenvalue weighted by Gasteiger charge is -2.29. The van der Waals surface area contributed by atoms with E-state index >= 15 is 0 Å². The zero-order valence-electron chi connectivity index (χ0n) is 12.0. The third-order valence-corrected chi connectivity index (χ3v) is 3.26. The van der Waals surface area contributed by atoms with Gasteiger partial charge in [0.2, 0.25) is 5.56 Å². The summed E-state index contributed by atoms with van der Waals surface area (Å²) in [6.45, 7) is 4.00. The van der Waals surface area contributed by atoms with Crippen LogP contribution in [0, 0.1) is 0 Å². The van der Waals surface area contributed by atoms with E-state index in [0.29, 0.717) is 0 Å². The third kappa shape index (κ3) is 2.25. The van der Waals surface area contributed by atoms with E-state index in [1.54, 1.807) is 6.26 Å². The predicted octanol–water partition coefficient (Wildman–Crippen LogP) is 3.68. The Labute approximate surface area is 122 Å². The zero-order valence-corrected chi connectivity index (χ0v) is 12.0. The van der Waals surface area contributed by atoms with Crippen molar-refractivity contribution in [3.63, 3.8) is 0 Å². The number of aromatic nitrogens is 1. The number of H-pyrrole nitrogens is 1. The first kappa shape index (κ1) is 13.2. The smallest absolute Gasteiger partial charge is 0.248 e. The minimum atomic E-state index is -0.111. The Kier molecular flexibility index (Phi) is 3.36. The molecule has 2 aromatic rings. The van der Waals surface area contributed by atoms with Gasteiger partial charge in [-0.05, 0) is 24.3 Å². The van der Waals surface area contributed by atoms with Gasteiger partial charge in [-0.15, -0.1) is 0 Å². The number of anilines is 1. The Balaban J connectivity index is 0.000000636. The number of nitrogens with zero attached hydrogens (tertiary/aromatic N) is 1. The molecule has 1 aromatic heterocycles. The van der Waals surface area contributed by atoms with Crippen molar-refractivity contribution in [2.45, 2.75) is 13.8 Å². The van der Waals surface area contributed by atoms with E-state index in [-0.39, 0.29) is 5.56 Å². The monoisotopic (exact) mass is 280 g/mol. The number of rotatable bonds is 0. The number of hydrogen-bond donors (Lipinski definition) is 1. The SMILES string of the molecule is CC.O=c1ccc2cc3c(cc2[nH]1)OC=C1C=CC=CN13. The molecule has 0 unspecified atom stereocenters. The van der Waals surface area contributed by atoms with E-state index in [0.717, 1.165) is 28.0 Å². The average molecular weight is 280 g/mol. The number of fused-ring (bicyclic) bond motifs is 4. The molecule has 2 aliphatic rings. The quantitative estimate of drug-likeness (QED) is 0.800. The largest absolute Gasteiger partial charge is 0.461 e. The van der Waals surface area contributed by atoms with Gasteiger partial charge in [-0.3, -0.25) is 4.79 Å². The van der Waals surface area contributed by atoms with E-state index in [1.807, 2.05) is 56.5 Å². The molecule has 0 radical (unpaired) electrons. The van der Waals surface area contributed by atoms with Crippen molar-refractivity contribution in [3.8, 4) is 5.75 Å². The lowest BCUT2D eigenvalue weighted by molar-refractivity contribution is 0.468. The molecule has 0 fully saturated rings. The number of nitrogens with one attached hydrogen (secondary N) is 1. The fourth-order valence-electron chi connectivity index (χ4n) is 2.35. The van der Waals surface area contributed by atoms with Gasteiger partial charge in [-0.25, -0.2) is 0 Å². The first-order chi connectivity index (χ1) is 10.3. The van der Waals surface area contributed by atoms with Crippen LogP contribution in [0.15, 0.2) is 65.4 Å². The van der Waals surface area contributed by atoms with Crippen LogP contribution in [0.2, 0.25) is 0 Å². The van der Waals surface area contributed by atoms with E-state index in [4.69, 9.17) is 4.74 Å². The van der Waals surface area contributed by atoms with Crippen LogP contribution >= 0.6 is 0 Å². The van der Waals surface area contributed by atoms with E-state index in [1.165, 1.54) is 6.07 Å². The van der Waals surface area contributed by atoms with Crippen LogP contribution in [-0.2, 0) is 0 Å². The summed E-state index contributed by atoms with van der Waals surface area (Å²) in [6.07, 6.45) is 9.62. The maximum atomic E-state index is 11.3. The Morgan fingerprint density at radius 1 is 1.14 bits per heavy atom. The van der Waals surface area contributed by atoms with Crippen molar-refractivity contribution in [3.05, 3.63) is 71.0 Å². The fraction of sp³-hybridized carbons (Fsp3) is 0.118. The molecule has 0 saturated carbocycles. The van der Waals surface area contributed by atoms with Gasteiger partial charge < -0.3 is 14.6 Å². The number of hydrogen-bond acceptors (Lipinski definition) is 3. The number of pyridine rings is 1. The van der Waals surface area contributed by atoms with Gasteiger partial charge in [-0.2, -0.15) is 0 Å². The Hall–Kier alpha value is -2.75. The summed E-state index contributed by atoms with van der Waals surface area (Å²) in [5, 5.41) is 0.978. The number of benzene rings is 1. The molecule has 0 amide bonds. The molecule has 21 heavy (non-hydrogen) atoms. The molecule has 3 heterocycles. The molecule has 4 heteroatoms. The molecule has 106 valence electrons. The summed E-state index contributed by atoms with van der Waals surface area (Å²) >= 11 is 0. The highest BCUT2D eigenvalue weighted by Crippen LogP contribution is 2.38. The van der Waals surface area contributed by atoms with Gasteiger partial charge >= 0.3 is 0 Å². The molecule has 1 aromatic carbocycles. The highest BCUT2D eigenvalue weighted by atomic mass is 16.5. The van der Waals surface area contributed by atoms with Gasteiger partial charge in [-0.1, -0.05) is 19.9 Å². The molecule has 0 saturated heterocycles. The van der Waals surface area contributed by atoms with E-state index in [2.05, 4.69) is 9.88 Å². The lowest BCUT2D eigenvalue weighted by atomic mass is 10.1. The van der Waals surface area contributed by atoms with Crippen molar-refractivity contribution in [2.24, 2.45) is 0 Å². The topological polar surface area (TPSA) is 45.3 Å². The molecule has 1 N–H and O–H groups in total. The average Bonchev–Trinajstić information content (AvgIpc) is 2.55. The van der Waals surface area contributed by atoms with Gasteiger partial charge in [0.25, 0.3) is 0 Å². The van der Waals surface area contributed by atoms with Crippen molar-refractivity contribution in [1.29, 1.82) is 0 Å². The van der Waals surface area contributed by atoms with Crippen molar-refractivity contribution in [2.75, 3.05) is 4.90 Å². The lowest BCUT2D eigenvalue weighted by Crippen LogP contribution is -2.20. The maximum Gasteiger partial charge on any atom is 0.248 e. The van der Waals surface area contributed by atoms with Crippen LogP contribution in [0.1, 0.15) is 13.8 Å². The summed E-state index contributed by atoms with van der Waals surface area (Å²) in [6, 6.07) is 7.21. The number of aromatic amines is 1. The molecular formula is C17H16N2O2. The van der Waals surface area contributed by atoms with Crippen LogP contribution in [-0.4, -0.2) is 4.98 Å². The summed E-state index contributed by atoms with van der Waals surface area (Å²) < 4.78 is 5.63. The van der Waals surface area contributed by atoms with Gasteiger partial charge in [0, 0.05) is 23.7 Å². The second-order valence-corrected chi connectivity index (χ2v) is 4.46. The molecule has 0 aliphatic carbocycles. The summed E-state index contributed by atoms with van der Waals surface area (Å²) in [7, 11) is 0. The molecule has 4 rings (SSSR count). The molecular weight excluding hydrogens is 264 g/mol. The standard InChI is InChI=1S/C15H10N2O2.C2H6/c18-15-5-4-10-7-13-14(8-12(10)16-15)19-9-11-3-1-2-6-17(11)13;1-2/h1-9H,(H,16,18);1-2H3. The van der Waals surface area contributed by atoms with Crippen LogP contribution < -0.4 is 15.2 Å². The Morgan fingerprint density at radius 2 is 2.00 bits per heavy atom. The van der Waals surface area contributed by atoms with Crippen LogP contribution in [0.5, 0.6) is 5.75 Å². The molecule has 0 atom stereocenters. The third-order valence-electron chi connectivity index (χ3n) is 3.26. The summed E-state index contributed by atoms with van der Waals surface area (Å²) in [5.74, 6) is 0.734. The molecule has 0 spiro atoms. The molecule has 2 aliphatic heterocycles. The van der Waals surface area contributed by atoms with Crippen LogP contribution in [0.25, 0.3) is 10.9 Å². The highest BCUT2D eigenvalue weighted by molar-refractivity contribution is 5.87. The van der Waals surface area contributed by atoms with Gasteiger partial charge in [0.1, 0.15) is 6.26 Å². The van der Waals surface area contributed by atoms with E-state index in [9.17, 15) is 4.79 Å². The summed E-state index contributed by atoms with van der Waals surface area (Å²) in [4.78, 5) is 16.2. The Bertz CT molecular complexity index is 828. The number of allylic oxidation sites excluding steroid dienone is 3. The minimum Gasteiger partial charge on any atom is -0.461 e. The fourth-order valence-corrected chi connectivity index (χ4v) is 2.35. The van der Waals surface area contributed by atoms with Crippen molar-refractivity contribution < 1.29 is 4.74 Å². The normalized spacial score (nSPS) is 14.6. The summed E-state index contributed by atoms with van der Waals surface area (Å²) in [5.41, 5.74) is 2.62. The van der Waals surface area contributed by atoms with Crippen LogP contribution in [0.4, 0.5) is 5.69 Å². The van der Waals surface area contributed by atoms with Crippen molar-refractivity contribution >= 4 is 16.6 Å². The van der Waals surface area contributed by atoms with E-state index < -0.39 is 0 Å². The van der Waals surface area contributed by atoms with Gasteiger partial charge in [0.15, 0.2) is 5.75 Å². The second kappa shape index (κ2) is 5.32.